The largest absolute Gasteiger partial charge is 0.384 e. The number of hydrogen-bond acceptors (Lipinski definition) is 5. The van der Waals surface area contributed by atoms with Crippen molar-refractivity contribution in [2.45, 2.75) is 26.3 Å². The third-order valence-corrected chi connectivity index (χ3v) is 3.64. The van der Waals surface area contributed by atoms with E-state index in [1.165, 1.54) is 0 Å². The SMILES string of the molecule is CCNc1cncc(NC(C)(C)c2nccs2)c1. The van der Waals surface area contributed by atoms with Crippen molar-refractivity contribution in [2.75, 3.05) is 17.2 Å². The molecule has 2 aromatic rings. The Morgan fingerprint density at radius 3 is 2.72 bits per heavy atom. The number of rotatable bonds is 5. The van der Waals surface area contributed by atoms with Gasteiger partial charge in [0.15, 0.2) is 0 Å². The molecule has 0 spiro atoms. The van der Waals surface area contributed by atoms with E-state index in [9.17, 15) is 0 Å². The molecule has 5 heteroatoms. The van der Waals surface area contributed by atoms with Gasteiger partial charge in [-0.3, -0.25) is 4.98 Å². The normalized spacial score (nSPS) is 11.3. The maximum atomic E-state index is 4.36. The number of anilines is 2. The van der Waals surface area contributed by atoms with Gasteiger partial charge in [-0.25, -0.2) is 4.98 Å². The Morgan fingerprint density at radius 2 is 2.06 bits per heavy atom. The van der Waals surface area contributed by atoms with Crippen LogP contribution in [0.3, 0.4) is 0 Å². The summed E-state index contributed by atoms with van der Waals surface area (Å²) in [5.41, 5.74) is 1.83. The summed E-state index contributed by atoms with van der Waals surface area (Å²) in [4.78, 5) is 8.59. The van der Waals surface area contributed by atoms with Crippen molar-refractivity contribution in [3.63, 3.8) is 0 Å². The molecule has 0 saturated carbocycles. The molecular formula is C13H18N4S. The Balaban J connectivity index is 2.16. The summed E-state index contributed by atoms with van der Waals surface area (Å²) in [7, 11) is 0. The molecule has 0 bridgehead atoms. The fourth-order valence-electron chi connectivity index (χ4n) is 1.76. The van der Waals surface area contributed by atoms with E-state index in [2.05, 4.69) is 47.4 Å². The lowest BCUT2D eigenvalue weighted by atomic mass is 10.1. The summed E-state index contributed by atoms with van der Waals surface area (Å²) >= 11 is 1.65. The van der Waals surface area contributed by atoms with E-state index in [0.29, 0.717) is 0 Å². The zero-order valence-electron chi connectivity index (χ0n) is 10.9. The third kappa shape index (κ3) is 2.98. The molecule has 0 aliphatic carbocycles. The standard InChI is InChI=1S/C13H18N4S/c1-4-15-10-7-11(9-14-8-10)17-13(2,3)12-16-5-6-18-12/h5-9,15,17H,4H2,1-3H3. The monoisotopic (exact) mass is 262 g/mol. The van der Waals surface area contributed by atoms with Gasteiger partial charge in [-0.2, -0.15) is 0 Å². The topological polar surface area (TPSA) is 49.8 Å². The smallest absolute Gasteiger partial charge is 0.117 e. The second-order valence-corrected chi connectivity index (χ2v) is 5.47. The van der Waals surface area contributed by atoms with E-state index in [1.54, 1.807) is 11.3 Å². The van der Waals surface area contributed by atoms with Gasteiger partial charge in [0.1, 0.15) is 5.01 Å². The highest BCUT2D eigenvalue weighted by molar-refractivity contribution is 7.09. The van der Waals surface area contributed by atoms with Gasteiger partial charge < -0.3 is 10.6 Å². The fourth-order valence-corrected chi connectivity index (χ4v) is 2.47. The maximum Gasteiger partial charge on any atom is 0.117 e. The third-order valence-electron chi connectivity index (χ3n) is 2.54. The minimum atomic E-state index is -0.194. The molecule has 0 amide bonds. The Kier molecular flexibility index (Phi) is 3.81. The summed E-state index contributed by atoms with van der Waals surface area (Å²) in [5.74, 6) is 0. The predicted octanol–water partition coefficient (Wildman–Crippen LogP) is 3.32. The summed E-state index contributed by atoms with van der Waals surface area (Å²) in [6.45, 7) is 7.19. The number of thiazole rings is 1. The lowest BCUT2D eigenvalue weighted by Gasteiger charge is -2.25. The molecule has 0 unspecified atom stereocenters. The van der Waals surface area contributed by atoms with Crippen LogP contribution in [0.2, 0.25) is 0 Å². The van der Waals surface area contributed by atoms with E-state index in [1.807, 2.05) is 24.0 Å². The quantitative estimate of drug-likeness (QED) is 0.868. The van der Waals surface area contributed by atoms with Crippen LogP contribution >= 0.6 is 11.3 Å². The average Bonchev–Trinajstić information content (AvgIpc) is 2.83. The van der Waals surface area contributed by atoms with Gasteiger partial charge in [-0.05, 0) is 26.8 Å². The zero-order chi connectivity index (χ0) is 13.0. The number of aromatic nitrogens is 2. The highest BCUT2D eigenvalue weighted by Gasteiger charge is 2.23. The van der Waals surface area contributed by atoms with Crippen LogP contribution in [0.4, 0.5) is 11.4 Å². The molecule has 0 saturated heterocycles. The van der Waals surface area contributed by atoms with Crippen LogP contribution in [0, 0.1) is 0 Å². The molecule has 2 rings (SSSR count). The van der Waals surface area contributed by atoms with Crippen LogP contribution in [0.1, 0.15) is 25.8 Å². The molecule has 2 N–H and O–H groups in total. The molecule has 2 heterocycles. The summed E-state index contributed by atoms with van der Waals surface area (Å²) in [6.07, 6.45) is 5.48. The predicted molar refractivity (Wildman–Crippen MR) is 77.2 cm³/mol. The van der Waals surface area contributed by atoms with Crippen LogP contribution in [0.5, 0.6) is 0 Å². The van der Waals surface area contributed by atoms with Gasteiger partial charge >= 0.3 is 0 Å². The molecule has 4 nitrogen and oxygen atoms in total. The molecule has 0 radical (unpaired) electrons. The minimum Gasteiger partial charge on any atom is -0.384 e. The lowest BCUT2D eigenvalue weighted by Crippen LogP contribution is -2.27. The molecule has 0 aliphatic rings. The second-order valence-electron chi connectivity index (χ2n) is 4.58. The number of nitrogens with one attached hydrogen (secondary N) is 2. The zero-order valence-corrected chi connectivity index (χ0v) is 11.7. The first-order valence-corrected chi connectivity index (χ1v) is 6.87. The fraction of sp³-hybridized carbons (Fsp3) is 0.385. The molecule has 96 valence electrons. The van der Waals surface area contributed by atoms with Crippen molar-refractivity contribution in [3.05, 3.63) is 35.0 Å². The number of nitrogens with zero attached hydrogens (tertiary/aromatic N) is 2. The van der Waals surface area contributed by atoms with Crippen molar-refractivity contribution in [3.8, 4) is 0 Å². The molecule has 0 fully saturated rings. The van der Waals surface area contributed by atoms with Crippen molar-refractivity contribution < 1.29 is 0 Å². The Hall–Kier alpha value is -1.62. The van der Waals surface area contributed by atoms with Gasteiger partial charge in [0.05, 0.1) is 29.3 Å². The Labute approximate surface area is 111 Å². The summed E-state index contributed by atoms with van der Waals surface area (Å²) in [6, 6.07) is 2.06. The van der Waals surface area contributed by atoms with Gasteiger partial charge in [0.25, 0.3) is 0 Å². The van der Waals surface area contributed by atoms with E-state index in [4.69, 9.17) is 0 Å². The number of pyridine rings is 1. The van der Waals surface area contributed by atoms with Gasteiger partial charge in [-0.15, -0.1) is 11.3 Å². The minimum absolute atomic E-state index is 0.194. The van der Waals surface area contributed by atoms with Crippen LogP contribution < -0.4 is 10.6 Å². The second kappa shape index (κ2) is 5.35. The summed E-state index contributed by atoms with van der Waals surface area (Å²) < 4.78 is 0. The molecule has 2 aromatic heterocycles. The molecule has 0 aromatic carbocycles. The van der Waals surface area contributed by atoms with Crippen LogP contribution in [0.25, 0.3) is 0 Å². The van der Waals surface area contributed by atoms with Gasteiger partial charge in [0, 0.05) is 18.1 Å². The lowest BCUT2D eigenvalue weighted by molar-refractivity contribution is 0.604. The average molecular weight is 262 g/mol. The Bertz CT molecular complexity index is 493. The maximum absolute atomic E-state index is 4.36. The molecule has 0 atom stereocenters. The first-order chi connectivity index (χ1) is 8.62. The van der Waals surface area contributed by atoms with Crippen molar-refractivity contribution in [1.82, 2.24) is 9.97 Å². The highest BCUT2D eigenvalue weighted by atomic mass is 32.1. The first-order valence-electron chi connectivity index (χ1n) is 5.99. The van der Waals surface area contributed by atoms with Gasteiger partial charge in [-0.1, -0.05) is 0 Å². The van der Waals surface area contributed by atoms with E-state index in [-0.39, 0.29) is 5.54 Å². The first kappa shape index (κ1) is 12.8. The van der Waals surface area contributed by atoms with E-state index in [0.717, 1.165) is 22.9 Å². The summed E-state index contributed by atoms with van der Waals surface area (Å²) in [5, 5.41) is 9.78. The van der Waals surface area contributed by atoms with Crippen LogP contribution in [0.15, 0.2) is 30.0 Å². The van der Waals surface area contributed by atoms with Gasteiger partial charge in [0.2, 0.25) is 0 Å². The molecule has 0 aliphatic heterocycles. The number of hydrogen-bond donors (Lipinski definition) is 2. The molecule has 18 heavy (non-hydrogen) atoms. The van der Waals surface area contributed by atoms with Crippen molar-refractivity contribution in [2.24, 2.45) is 0 Å². The van der Waals surface area contributed by atoms with Crippen LogP contribution in [-0.2, 0) is 5.54 Å². The highest BCUT2D eigenvalue weighted by Crippen LogP contribution is 2.27. The van der Waals surface area contributed by atoms with Crippen molar-refractivity contribution >= 4 is 22.7 Å². The van der Waals surface area contributed by atoms with E-state index >= 15 is 0 Å². The van der Waals surface area contributed by atoms with Crippen molar-refractivity contribution in [1.29, 1.82) is 0 Å². The van der Waals surface area contributed by atoms with Crippen LogP contribution in [-0.4, -0.2) is 16.5 Å². The van der Waals surface area contributed by atoms with E-state index < -0.39 is 0 Å². The Morgan fingerprint density at radius 1 is 1.28 bits per heavy atom. The molecular weight excluding hydrogens is 244 g/mol.